The van der Waals surface area contributed by atoms with Crippen LogP contribution in [0.15, 0.2) is 30.6 Å². The molecule has 0 spiro atoms. The molecule has 0 unspecified atom stereocenters. The Morgan fingerprint density at radius 2 is 2.13 bits per heavy atom. The Morgan fingerprint density at radius 3 is 2.83 bits per heavy atom. The summed E-state index contributed by atoms with van der Waals surface area (Å²) in [5.41, 5.74) is 1.32. The van der Waals surface area contributed by atoms with Crippen molar-refractivity contribution in [1.29, 1.82) is 0 Å². The van der Waals surface area contributed by atoms with E-state index in [1.54, 1.807) is 25.4 Å². The van der Waals surface area contributed by atoms with Gasteiger partial charge in [0.25, 0.3) is 5.91 Å². The summed E-state index contributed by atoms with van der Waals surface area (Å²) in [6.45, 7) is 7.37. The number of nitrogens with one attached hydrogen (secondary N) is 2. The van der Waals surface area contributed by atoms with Gasteiger partial charge in [-0.2, -0.15) is 0 Å². The summed E-state index contributed by atoms with van der Waals surface area (Å²) >= 11 is 0. The van der Waals surface area contributed by atoms with E-state index in [2.05, 4.69) is 39.4 Å². The minimum absolute atomic E-state index is 0.216. The van der Waals surface area contributed by atoms with Crippen molar-refractivity contribution in [3.8, 4) is 0 Å². The highest BCUT2D eigenvalue weighted by atomic mass is 16.1. The van der Waals surface area contributed by atoms with Crippen molar-refractivity contribution in [3.63, 3.8) is 0 Å². The summed E-state index contributed by atoms with van der Waals surface area (Å²) in [7, 11) is 0. The van der Waals surface area contributed by atoms with E-state index in [0.717, 1.165) is 18.5 Å². The Hall–Kier alpha value is -2.50. The number of nitrogens with zero attached hydrogens (tertiary/aromatic N) is 3. The molecule has 2 rings (SSSR count). The average Bonchev–Trinajstić information content (AvgIpc) is 2.52. The molecule has 0 atom stereocenters. The van der Waals surface area contributed by atoms with Crippen molar-refractivity contribution in [2.24, 2.45) is 5.92 Å². The fourth-order valence-corrected chi connectivity index (χ4v) is 2.04. The normalized spacial score (nSPS) is 10.6. The molecule has 1 amide bonds. The second kappa shape index (κ2) is 8.22. The summed E-state index contributed by atoms with van der Waals surface area (Å²) in [4.78, 5) is 24.8. The molecule has 0 aliphatic carbocycles. The zero-order chi connectivity index (χ0) is 16.7. The zero-order valence-corrected chi connectivity index (χ0v) is 13.8. The van der Waals surface area contributed by atoms with Crippen molar-refractivity contribution in [3.05, 3.63) is 47.7 Å². The van der Waals surface area contributed by atoms with Crippen molar-refractivity contribution >= 4 is 11.7 Å². The number of pyridine rings is 1. The lowest BCUT2D eigenvalue weighted by molar-refractivity contribution is 0.0945. The molecule has 0 aromatic carbocycles. The summed E-state index contributed by atoms with van der Waals surface area (Å²) in [5.74, 6) is 1.66. The van der Waals surface area contributed by atoms with Crippen LogP contribution in [0.3, 0.4) is 0 Å². The van der Waals surface area contributed by atoms with Gasteiger partial charge in [-0.05, 0) is 30.9 Å². The van der Waals surface area contributed by atoms with Crippen molar-refractivity contribution < 1.29 is 4.79 Å². The number of amides is 1. The molecular weight excluding hydrogens is 290 g/mol. The fraction of sp³-hybridized carbons (Fsp3) is 0.412. The summed E-state index contributed by atoms with van der Waals surface area (Å²) in [5, 5.41) is 6.09. The van der Waals surface area contributed by atoms with Crippen molar-refractivity contribution in [2.45, 2.75) is 33.7 Å². The molecule has 0 saturated heterocycles. The van der Waals surface area contributed by atoms with Crippen LogP contribution in [0.5, 0.6) is 0 Å². The van der Waals surface area contributed by atoms with Crippen molar-refractivity contribution in [2.75, 3.05) is 11.9 Å². The van der Waals surface area contributed by atoms with Gasteiger partial charge in [0.1, 0.15) is 17.3 Å². The standard InChI is InChI=1S/C17H23N5O/c1-12(2)6-8-19-16-9-15(21-13(3)22-16)17(23)20-11-14-5-4-7-18-10-14/h4-5,7,9-10,12H,6,8,11H2,1-3H3,(H,20,23)(H,19,21,22). The lowest BCUT2D eigenvalue weighted by Gasteiger charge is -2.10. The van der Waals surface area contributed by atoms with Gasteiger partial charge in [-0.3, -0.25) is 9.78 Å². The molecule has 2 N–H and O–H groups in total. The number of hydrogen-bond donors (Lipinski definition) is 2. The Labute approximate surface area is 136 Å². The molecule has 23 heavy (non-hydrogen) atoms. The van der Waals surface area contributed by atoms with E-state index in [1.807, 2.05) is 12.1 Å². The van der Waals surface area contributed by atoms with Crippen LogP contribution in [0.1, 0.15) is 42.1 Å². The average molecular weight is 313 g/mol. The fourth-order valence-electron chi connectivity index (χ4n) is 2.04. The predicted octanol–water partition coefficient (Wildman–Crippen LogP) is 2.57. The molecule has 0 bridgehead atoms. The topological polar surface area (TPSA) is 79.8 Å². The molecule has 2 heterocycles. The first-order valence-electron chi connectivity index (χ1n) is 7.81. The lowest BCUT2D eigenvalue weighted by atomic mass is 10.1. The number of rotatable bonds is 7. The van der Waals surface area contributed by atoms with Gasteiger partial charge in [-0.15, -0.1) is 0 Å². The number of aryl methyl sites for hydroxylation is 1. The smallest absolute Gasteiger partial charge is 0.270 e. The molecule has 0 aliphatic rings. The van der Waals surface area contributed by atoms with Crippen LogP contribution in [0, 0.1) is 12.8 Å². The van der Waals surface area contributed by atoms with Crippen molar-refractivity contribution in [1.82, 2.24) is 20.3 Å². The third-order valence-electron chi connectivity index (χ3n) is 3.27. The second-order valence-electron chi connectivity index (χ2n) is 5.84. The van der Waals surface area contributed by atoms with Crippen LogP contribution >= 0.6 is 0 Å². The van der Waals surface area contributed by atoms with Crippen LogP contribution in [0.4, 0.5) is 5.82 Å². The summed E-state index contributed by atoms with van der Waals surface area (Å²) in [6, 6.07) is 5.44. The van der Waals surface area contributed by atoms with Gasteiger partial charge in [0.05, 0.1) is 0 Å². The molecular formula is C17H23N5O. The van der Waals surface area contributed by atoms with Gasteiger partial charge in [-0.25, -0.2) is 9.97 Å². The number of carbonyl (C=O) groups is 1. The van der Waals surface area contributed by atoms with E-state index in [1.165, 1.54) is 0 Å². The Kier molecular flexibility index (Phi) is 6.02. The van der Waals surface area contributed by atoms with Gasteiger partial charge in [0.2, 0.25) is 0 Å². The van der Waals surface area contributed by atoms with Crippen LogP contribution < -0.4 is 10.6 Å². The van der Waals surface area contributed by atoms with Crippen LogP contribution in [0.25, 0.3) is 0 Å². The van der Waals surface area contributed by atoms with E-state index in [4.69, 9.17) is 0 Å². The van der Waals surface area contributed by atoms with Crippen LogP contribution in [-0.2, 0) is 6.54 Å². The summed E-state index contributed by atoms with van der Waals surface area (Å²) in [6.07, 6.45) is 4.48. The maximum atomic E-state index is 12.3. The Bertz CT molecular complexity index is 643. The molecule has 0 aliphatic heterocycles. The maximum absolute atomic E-state index is 12.3. The Morgan fingerprint density at radius 1 is 1.30 bits per heavy atom. The van der Waals surface area contributed by atoms with E-state index in [9.17, 15) is 4.79 Å². The number of carbonyl (C=O) groups excluding carboxylic acids is 1. The minimum Gasteiger partial charge on any atom is -0.370 e. The summed E-state index contributed by atoms with van der Waals surface area (Å²) < 4.78 is 0. The maximum Gasteiger partial charge on any atom is 0.270 e. The molecule has 122 valence electrons. The van der Waals surface area contributed by atoms with Gasteiger partial charge >= 0.3 is 0 Å². The van der Waals surface area contributed by atoms with E-state index in [0.29, 0.717) is 29.8 Å². The molecule has 2 aromatic heterocycles. The monoisotopic (exact) mass is 313 g/mol. The third-order valence-corrected chi connectivity index (χ3v) is 3.27. The van der Waals surface area contributed by atoms with Gasteiger partial charge < -0.3 is 10.6 Å². The van der Waals surface area contributed by atoms with Crippen LogP contribution in [0.2, 0.25) is 0 Å². The molecule has 6 heteroatoms. The highest BCUT2D eigenvalue weighted by Gasteiger charge is 2.10. The molecule has 2 aromatic rings. The Balaban J connectivity index is 1.97. The number of anilines is 1. The first kappa shape index (κ1) is 16.9. The highest BCUT2D eigenvalue weighted by molar-refractivity contribution is 5.92. The lowest BCUT2D eigenvalue weighted by Crippen LogP contribution is -2.24. The second-order valence-corrected chi connectivity index (χ2v) is 5.84. The first-order chi connectivity index (χ1) is 11.0. The number of hydrogen-bond acceptors (Lipinski definition) is 5. The molecule has 0 fully saturated rings. The minimum atomic E-state index is -0.216. The van der Waals surface area contributed by atoms with E-state index >= 15 is 0 Å². The largest absolute Gasteiger partial charge is 0.370 e. The SMILES string of the molecule is Cc1nc(NCCC(C)C)cc(C(=O)NCc2cccnc2)n1. The van der Waals surface area contributed by atoms with Gasteiger partial charge in [0, 0.05) is 31.5 Å². The van der Waals surface area contributed by atoms with E-state index < -0.39 is 0 Å². The molecule has 0 radical (unpaired) electrons. The van der Waals surface area contributed by atoms with Gasteiger partial charge in [0.15, 0.2) is 0 Å². The van der Waals surface area contributed by atoms with Crippen LogP contribution in [-0.4, -0.2) is 27.4 Å². The van der Waals surface area contributed by atoms with Gasteiger partial charge in [-0.1, -0.05) is 19.9 Å². The number of aromatic nitrogens is 3. The molecule has 6 nitrogen and oxygen atoms in total. The molecule has 0 saturated carbocycles. The first-order valence-corrected chi connectivity index (χ1v) is 7.81. The quantitative estimate of drug-likeness (QED) is 0.821. The predicted molar refractivity (Wildman–Crippen MR) is 90.1 cm³/mol. The third kappa shape index (κ3) is 5.65. The van der Waals surface area contributed by atoms with E-state index in [-0.39, 0.29) is 5.91 Å². The zero-order valence-electron chi connectivity index (χ0n) is 13.8. The highest BCUT2D eigenvalue weighted by Crippen LogP contribution is 2.08.